The molecule has 4 nitrogen and oxygen atoms in total. The van der Waals surface area contributed by atoms with Crippen molar-refractivity contribution in [2.75, 3.05) is 26.2 Å². The van der Waals surface area contributed by atoms with Crippen LogP contribution in [0.25, 0.3) is 0 Å². The van der Waals surface area contributed by atoms with Crippen LogP contribution >= 0.6 is 0 Å². The number of piperidine rings is 1. The minimum atomic E-state index is -0.552. The first-order chi connectivity index (χ1) is 13.6. The Morgan fingerprint density at radius 1 is 0.893 bits per heavy atom. The Hall–Kier alpha value is -1.91. The standard InChI is InChI=1S/C23H31FN2O2/c24-20-8-5-7-19(17-20)23(11-6-12-23)22(28)26-15-9-18(10-16-26)21(27)25-13-3-1-2-4-14-25/h5,7-8,17-18H,1-4,6,9-16H2. The molecule has 2 heterocycles. The van der Waals surface area contributed by atoms with Crippen LogP contribution in [0.4, 0.5) is 4.39 Å². The summed E-state index contributed by atoms with van der Waals surface area (Å²) in [5.41, 5.74) is 0.260. The number of rotatable bonds is 3. The average molecular weight is 387 g/mol. The summed E-state index contributed by atoms with van der Waals surface area (Å²) in [6, 6.07) is 6.53. The van der Waals surface area contributed by atoms with E-state index in [-0.39, 0.29) is 23.5 Å². The summed E-state index contributed by atoms with van der Waals surface area (Å²) in [7, 11) is 0. The molecule has 1 aromatic carbocycles. The summed E-state index contributed by atoms with van der Waals surface area (Å²) in [5.74, 6) is 0.189. The minimum absolute atomic E-state index is 0.0497. The molecule has 1 aromatic rings. The summed E-state index contributed by atoms with van der Waals surface area (Å²) in [6.07, 6.45) is 8.76. The third-order valence-electron chi connectivity index (χ3n) is 7.04. The Bertz CT molecular complexity index is 715. The molecule has 0 radical (unpaired) electrons. The third-order valence-corrected chi connectivity index (χ3v) is 7.04. The molecule has 0 spiro atoms. The molecule has 3 fully saturated rings. The highest BCUT2D eigenvalue weighted by Crippen LogP contribution is 2.45. The largest absolute Gasteiger partial charge is 0.342 e. The van der Waals surface area contributed by atoms with Crippen LogP contribution in [0, 0.1) is 11.7 Å². The van der Waals surface area contributed by atoms with Crippen LogP contribution in [0.5, 0.6) is 0 Å². The maximum Gasteiger partial charge on any atom is 0.233 e. The topological polar surface area (TPSA) is 40.6 Å². The van der Waals surface area contributed by atoms with Crippen LogP contribution in [0.3, 0.4) is 0 Å². The van der Waals surface area contributed by atoms with Gasteiger partial charge in [-0.25, -0.2) is 4.39 Å². The first-order valence-electron chi connectivity index (χ1n) is 10.9. The molecule has 0 atom stereocenters. The molecule has 1 aliphatic carbocycles. The van der Waals surface area contributed by atoms with Gasteiger partial charge in [-0.2, -0.15) is 0 Å². The lowest BCUT2D eigenvalue weighted by Gasteiger charge is -2.45. The van der Waals surface area contributed by atoms with Crippen molar-refractivity contribution in [3.8, 4) is 0 Å². The highest BCUT2D eigenvalue weighted by atomic mass is 19.1. The van der Waals surface area contributed by atoms with Crippen molar-refractivity contribution in [3.63, 3.8) is 0 Å². The van der Waals surface area contributed by atoms with Crippen molar-refractivity contribution < 1.29 is 14.0 Å². The van der Waals surface area contributed by atoms with Gasteiger partial charge in [0.25, 0.3) is 0 Å². The fraction of sp³-hybridized carbons (Fsp3) is 0.652. The van der Waals surface area contributed by atoms with E-state index in [4.69, 9.17) is 0 Å². The van der Waals surface area contributed by atoms with E-state index in [2.05, 4.69) is 4.90 Å². The van der Waals surface area contributed by atoms with Gasteiger partial charge in [0.1, 0.15) is 5.82 Å². The molecule has 152 valence electrons. The summed E-state index contributed by atoms with van der Waals surface area (Å²) in [5, 5.41) is 0. The molecule has 2 saturated heterocycles. The molecule has 4 rings (SSSR count). The van der Waals surface area contributed by atoms with E-state index in [1.807, 2.05) is 11.0 Å². The number of benzene rings is 1. The number of amides is 2. The number of carbonyl (C=O) groups excluding carboxylic acids is 2. The Morgan fingerprint density at radius 3 is 2.14 bits per heavy atom. The van der Waals surface area contributed by atoms with Gasteiger partial charge < -0.3 is 9.80 Å². The number of halogens is 1. The van der Waals surface area contributed by atoms with Crippen molar-refractivity contribution in [2.24, 2.45) is 5.92 Å². The molecule has 1 saturated carbocycles. The van der Waals surface area contributed by atoms with Crippen molar-refractivity contribution in [1.29, 1.82) is 0 Å². The Labute approximate surface area is 167 Å². The third kappa shape index (κ3) is 3.68. The monoisotopic (exact) mass is 386 g/mol. The van der Waals surface area contributed by atoms with Gasteiger partial charge in [-0.15, -0.1) is 0 Å². The van der Waals surface area contributed by atoms with Crippen LogP contribution in [-0.4, -0.2) is 47.8 Å². The molecule has 0 N–H and O–H groups in total. The Morgan fingerprint density at radius 2 is 1.57 bits per heavy atom. The van der Waals surface area contributed by atoms with Gasteiger partial charge in [0.15, 0.2) is 0 Å². The van der Waals surface area contributed by atoms with E-state index in [1.54, 1.807) is 6.07 Å². The van der Waals surface area contributed by atoms with Crippen LogP contribution in [0.1, 0.15) is 63.4 Å². The van der Waals surface area contributed by atoms with Crippen molar-refractivity contribution in [1.82, 2.24) is 9.80 Å². The zero-order valence-corrected chi connectivity index (χ0v) is 16.7. The molecule has 0 unspecified atom stereocenters. The second-order valence-electron chi connectivity index (χ2n) is 8.75. The number of carbonyl (C=O) groups is 2. The van der Waals surface area contributed by atoms with Crippen LogP contribution in [0.15, 0.2) is 24.3 Å². The lowest BCUT2D eigenvalue weighted by atomic mass is 9.63. The highest BCUT2D eigenvalue weighted by Gasteiger charge is 2.48. The number of hydrogen-bond acceptors (Lipinski definition) is 2. The maximum absolute atomic E-state index is 13.7. The van der Waals surface area contributed by atoms with Gasteiger partial charge in [-0.05, 0) is 56.2 Å². The predicted molar refractivity (Wildman–Crippen MR) is 106 cm³/mol. The second-order valence-corrected chi connectivity index (χ2v) is 8.75. The SMILES string of the molecule is O=C(C1CCN(C(=O)C2(c3cccc(F)c3)CCC2)CC1)N1CCCCCC1. The number of hydrogen-bond donors (Lipinski definition) is 0. The molecular formula is C23H31FN2O2. The molecular weight excluding hydrogens is 355 g/mol. The first-order valence-corrected chi connectivity index (χ1v) is 10.9. The fourth-order valence-corrected chi connectivity index (χ4v) is 5.12. The smallest absolute Gasteiger partial charge is 0.233 e. The Balaban J connectivity index is 1.39. The van der Waals surface area contributed by atoms with E-state index >= 15 is 0 Å². The molecule has 2 aliphatic heterocycles. The zero-order valence-electron chi connectivity index (χ0n) is 16.7. The zero-order chi connectivity index (χ0) is 19.6. The quantitative estimate of drug-likeness (QED) is 0.791. The number of nitrogens with zero attached hydrogens (tertiary/aromatic N) is 2. The predicted octanol–water partition coefficient (Wildman–Crippen LogP) is 3.89. The minimum Gasteiger partial charge on any atom is -0.342 e. The van der Waals surface area contributed by atoms with Gasteiger partial charge in [-0.3, -0.25) is 9.59 Å². The molecule has 0 aromatic heterocycles. The second kappa shape index (κ2) is 8.22. The summed E-state index contributed by atoms with van der Waals surface area (Å²) in [4.78, 5) is 30.2. The van der Waals surface area contributed by atoms with E-state index < -0.39 is 5.41 Å². The normalized spacial score (nSPS) is 23.0. The molecule has 0 bridgehead atoms. The molecule has 3 aliphatic rings. The van der Waals surface area contributed by atoms with Gasteiger partial charge in [0, 0.05) is 32.1 Å². The lowest BCUT2D eigenvalue weighted by molar-refractivity contribution is -0.146. The van der Waals surface area contributed by atoms with E-state index in [0.717, 1.165) is 63.6 Å². The van der Waals surface area contributed by atoms with Crippen molar-refractivity contribution in [2.45, 2.75) is 63.2 Å². The lowest BCUT2D eigenvalue weighted by Crippen LogP contribution is -2.54. The number of likely N-dealkylation sites (tertiary alicyclic amines) is 2. The van der Waals surface area contributed by atoms with Crippen LogP contribution in [0.2, 0.25) is 0 Å². The van der Waals surface area contributed by atoms with Gasteiger partial charge in [0.05, 0.1) is 5.41 Å². The summed E-state index contributed by atoms with van der Waals surface area (Å²) >= 11 is 0. The molecule has 2 amide bonds. The highest BCUT2D eigenvalue weighted by molar-refractivity contribution is 5.89. The fourth-order valence-electron chi connectivity index (χ4n) is 5.12. The summed E-state index contributed by atoms with van der Waals surface area (Å²) in [6.45, 7) is 3.06. The van der Waals surface area contributed by atoms with Crippen LogP contribution < -0.4 is 0 Å². The van der Waals surface area contributed by atoms with E-state index in [1.165, 1.54) is 25.0 Å². The van der Waals surface area contributed by atoms with Crippen LogP contribution in [-0.2, 0) is 15.0 Å². The van der Waals surface area contributed by atoms with Gasteiger partial charge >= 0.3 is 0 Å². The first kappa shape index (κ1) is 19.4. The van der Waals surface area contributed by atoms with Gasteiger partial charge in [0.2, 0.25) is 11.8 Å². The van der Waals surface area contributed by atoms with Crippen molar-refractivity contribution >= 4 is 11.8 Å². The van der Waals surface area contributed by atoms with Crippen molar-refractivity contribution in [3.05, 3.63) is 35.6 Å². The molecule has 5 heteroatoms. The average Bonchev–Trinajstić information content (AvgIpc) is 2.96. The van der Waals surface area contributed by atoms with Gasteiger partial charge in [-0.1, -0.05) is 31.4 Å². The van der Waals surface area contributed by atoms with E-state index in [9.17, 15) is 14.0 Å². The molecule has 28 heavy (non-hydrogen) atoms. The summed E-state index contributed by atoms with van der Waals surface area (Å²) < 4.78 is 13.7. The van der Waals surface area contributed by atoms with E-state index in [0.29, 0.717) is 13.1 Å². The maximum atomic E-state index is 13.7. The Kier molecular flexibility index (Phi) is 5.70.